The molecule has 0 bridgehead atoms. The van der Waals surface area contributed by atoms with Crippen LogP contribution in [0.5, 0.6) is 5.75 Å². The van der Waals surface area contributed by atoms with Crippen molar-refractivity contribution in [3.63, 3.8) is 0 Å². The minimum Gasteiger partial charge on any atom is -0.491 e. The van der Waals surface area contributed by atoms with Gasteiger partial charge in [-0.15, -0.1) is 0 Å². The summed E-state index contributed by atoms with van der Waals surface area (Å²) in [6.07, 6.45) is 3.47. The first-order chi connectivity index (χ1) is 12.7. The summed E-state index contributed by atoms with van der Waals surface area (Å²) >= 11 is 6.12. The maximum Gasteiger partial charge on any atom is 0.247 e. The molecule has 1 aromatic carbocycles. The van der Waals surface area contributed by atoms with Crippen LogP contribution in [0.25, 0.3) is 10.9 Å². The van der Waals surface area contributed by atoms with E-state index in [9.17, 15) is 4.79 Å². The molecule has 0 unspecified atom stereocenters. The fourth-order valence-electron chi connectivity index (χ4n) is 2.75. The van der Waals surface area contributed by atoms with E-state index in [0.717, 1.165) is 39.3 Å². The molecule has 1 N–H and O–H groups in total. The molecule has 1 aliphatic rings. The van der Waals surface area contributed by atoms with E-state index < -0.39 is 0 Å². The summed E-state index contributed by atoms with van der Waals surface area (Å²) in [5, 5.41) is 3.72. The third-order valence-electron chi connectivity index (χ3n) is 4.11. The van der Waals surface area contributed by atoms with Gasteiger partial charge in [0.05, 0.1) is 31.0 Å². The highest BCUT2D eigenvalue weighted by molar-refractivity contribution is 6.34. The summed E-state index contributed by atoms with van der Waals surface area (Å²) in [4.78, 5) is 22.3. The Bertz CT molecular complexity index is 793. The number of rotatable bonds is 7. The van der Waals surface area contributed by atoms with Crippen molar-refractivity contribution in [2.45, 2.75) is 6.42 Å². The summed E-state index contributed by atoms with van der Waals surface area (Å²) in [6.45, 7) is 8.41. The van der Waals surface area contributed by atoms with Gasteiger partial charge in [-0.1, -0.05) is 18.2 Å². The van der Waals surface area contributed by atoms with E-state index in [1.54, 1.807) is 12.1 Å². The number of hydrogen-bond acceptors (Lipinski definition) is 6. The summed E-state index contributed by atoms with van der Waals surface area (Å²) in [5.74, 6) is 0.222. The van der Waals surface area contributed by atoms with Crippen molar-refractivity contribution in [3.8, 4) is 5.75 Å². The molecule has 0 aliphatic carbocycles. The molecule has 0 radical (unpaired) electrons. The van der Waals surface area contributed by atoms with Crippen LogP contribution >= 0.6 is 11.6 Å². The molecule has 2 heterocycles. The van der Waals surface area contributed by atoms with Gasteiger partial charge in [-0.05, 0) is 18.6 Å². The topological polar surface area (TPSA) is 76.6 Å². The summed E-state index contributed by atoms with van der Waals surface area (Å²) in [7, 11) is 0. The first kappa shape index (κ1) is 18.6. The quantitative estimate of drug-likeness (QED) is 0.454. The molecule has 1 fully saturated rings. The van der Waals surface area contributed by atoms with E-state index in [0.29, 0.717) is 34.1 Å². The van der Waals surface area contributed by atoms with Crippen LogP contribution in [0.2, 0.25) is 5.15 Å². The lowest BCUT2D eigenvalue weighted by Gasteiger charge is -2.26. The van der Waals surface area contributed by atoms with E-state index in [4.69, 9.17) is 21.1 Å². The minimum atomic E-state index is -0.324. The van der Waals surface area contributed by atoms with Crippen LogP contribution in [0.4, 0.5) is 5.69 Å². The van der Waals surface area contributed by atoms with Crippen LogP contribution in [0.3, 0.4) is 0 Å². The lowest BCUT2D eigenvalue weighted by atomic mass is 10.2. The van der Waals surface area contributed by atoms with E-state index in [1.165, 1.54) is 12.4 Å². The van der Waals surface area contributed by atoms with Gasteiger partial charge in [0.15, 0.2) is 0 Å². The number of benzene rings is 1. The molecule has 1 aromatic heterocycles. The highest BCUT2D eigenvalue weighted by Gasteiger charge is 2.13. The highest BCUT2D eigenvalue weighted by Crippen LogP contribution is 2.32. The number of carbonyl (C=O) groups is 1. The number of morpholine rings is 1. The first-order valence-electron chi connectivity index (χ1n) is 8.48. The zero-order chi connectivity index (χ0) is 18.4. The molecule has 1 saturated heterocycles. The van der Waals surface area contributed by atoms with Gasteiger partial charge in [-0.2, -0.15) is 0 Å². The van der Waals surface area contributed by atoms with Gasteiger partial charge < -0.3 is 14.8 Å². The summed E-state index contributed by atoms with van der Waals surface area (Å²) in [5.41, 5.74) is 1.18. The van der Waals surface area contributed by atoms with Gasteiger partial charge in [0.2, 0.25) is 5.91 Å². The number of nitrogens with zero attached hydrogens (tertiary/aromatic N) is 3. The number of hydrogen-bond donors (Lipinski definition) is 1. The van der Waals surface area contributed by atoms with Gasteiger partial charge in [0.1, 0.15) is 17.2 Å². The van der Waals surface area contributed by atoms with Crippen molar-refractivity contribution in [2.24, 2.45) is 0 Å². The molecule has 138 valence electrons. The van der Waals surface area contributed by atoms with E-state index >= 15 is 0 Å². The van der Waals surface area contributed by atoms with E-state index in [1.807, 2.05) is 0 Å². The largest absolute Gasteiger partial charge is 0.491 e. The predicted octanol–water partition coefficient (Wildman–Crippen LogP) is 2.51. The van der Waals surface area contributed by atoms with Crippen molar-refractivity contribution >= 4 is 34.1 Å². The zero-order valence-corrected chi connectivity index (χ0v) is 15.2. The Labute approximate surface area is 157 Å². The van der Waals surface area contributed by atoms with Crippen molar-refractivity contribution in [3.05, 3.63) is 36.3 Å². The number of aromatic nitrogens is 2. The summed E-state index contributed by atoms with van der Waals surface area (Å²) < 4.78 is 11.3. The number of carbonyl (C=O) groups excluding carboxylic acids is 1. The number of fused-ring (bicyclic) bond motifs is 1. The molecule has 1 aliphatic heterocycles. The van der Waals surface area contributed by atoms with Crippen LogP contribution in [0, 0.1) is 0 Å². The molecule has 26 heavy (non-hydrogen) atoms. The Morgan fingerprint density at radius 3 is 2.96 bits per heavy atom. The second kappa shape index (κ2) is 8.93. The van der Waals surface area contributed by atoms with Gasteiger partial charge in [0.25, 0.3) is 0 Å². The lowest BCUT2D eigenvalue weighted by molar-refractivity contribution is -0.111. The van der Waals surface area contributed by atoms with Gasteiger partial charge in [-0.3, -0.25) is 9.69 Å². The molecule has 2 aromatic rings. The van der Waals surface area contributed by atoms with Crippen molar-refractivity contribution in [1.82, 2.24) is 14.9 Å². The Kier molecular flexibility index (Phi) is 6.38. The first-order valence-corrected chi connectivity index (χ1v) is 8.86. The molecule has 1 amide bonds. The van der Waals surface area contributed by atoms with E-state index in [2.05, 4.69) is 26.8 Å². The number of anilines is 1. The van der Waals surface area contributed by atoms with Crippen molar-refractivity contribution < 1.29 is 14.3 Å². The molecule has 8 heteroatoms. The third kappa shape index (κ3) is 4.69. The molecule has 3 rings (SSSR count). The standard InChI is InChI=1S/C18H21ClN4O3/c1-2-17(24)22-15-10-13-14(20-12-21-18(13)19)11-16(15)26-7-3-4-23-5-8-25-9-6-23/h2,10-12H,1,3-9H2,(H,22,24). The molecule has 0 spiro atoms. The maximum atomic E-state index is 11.7. The third-order valence-corrected chi connectivity index (χ3v) is 4.41. The second-order valence-corrected chi connectivity index (χ2v) is 6.24. The smallest absolute Gasteiger partial charge is 0.247 e. The van der Waals surface area contributed by atoms with Crippen LogP contribution < -0.4 is 10.1 Å². The highest BCUT2D eigenvalue weighted by atomic mass is 35.5. The fraction of sp³-hybridized carbons (Fsp3) is 0.389. The van der Waals surface area contributed by atoms with Gasteiger partial charge in [-0.25, -0.2) is 9.97 Å². The van der Waals surface area contributed by atoms with Crippen LogP contribution in [-0.4, -0.2) is 60.2 Å². The van der Waals surface area contributed by atoms with Gasteiger partial charge >= 0.3 is 0 Å². The molecular formula is C18H21ClN4O3. The van der Waals surface area contributed by atoms with E-state index in [-0.39, 0.29) is 5.91 Å². The lowest BCUT2D eigenvalue weighted by Crippen LogP contribution is -2.37. The second-order valence-electron chi connectivity index (χ2n) is 5.88. The number of ether oxygens (including phenoxy) is 2. The Morgan fingerprint density at radius 1 is 1.38 bits per heavy atom. The van der Waals surface area contributed by atoms with Crippen LogP contribution in [0.15, 0.2) is 31.1 Å². The number of amides is 1. The number of nitrogens with one attached hydrogen (secondary N) is 1. The number of halogens is 1. The van der Waals surface area contributed by atoms with Crippen LogP contribution in [0.1, 0.15) is 6.42 Å². The molecule has 0 saturated carbocycles. The van der Waals surface area contributed by atoms with Crippen molar-refractivity contribution in [2.75, 3.05) is 44.8 Å². The Balaban J connectivity index is 1.71. The molecule has 0 atom stereocenters. The Morgan fingerprint density at radius 2 is 2.19 bits per heavy atom. The minimum absolute atomic E-state index is 0.322. The SMILES string of the molecule is C=CC(=O)Nc1cc2c(Cl)ncnc2cc1OCCCN1CCOCC1. The van der Waals surface area contributed by atoms with Gasteiger partial charge in [0, 0.05) is 31.1 Å². The summed E-state index contributed by atoms with van der Waals surface area (Å²) in [6, 6.07) is 3.48. The average Bonchev–Trinajstić information content (AvgIpc) is 2.67. The van der Waals surface area contributed by atoms with Crippen LogP contribution in [-0.2, 0) is 9.53 Å². The average molecular weight is 377 g/mol. The fourth-order valence-corrected chi connectivity index (χ4v) is 2.94. The Hall–Kier alpha value is -2.22. The zero-order valence-electron chi connectivity index (χ0n) is 14.4. The maximum absolute atomic E-state index is 11.7. The molecule has 7 nitrogen and oxygen atoms in total. The normalized spacial score (nSPS) is 15.0. The molecular weight excluding hydrogens is 356 g/mol. The predicted molar refractivity (Wildman–Crippen MR) is 101 cm³/mol. The van der Waals surface area contributed by atoms with Crippen molar-refractivity contribution in [1.29, 1.82) is 0 Å². The monoisotopic (exact) mass is 376 g/mol.